The van der Waals surface area contributed by atoms with Gasteiger partial charge < -0.3 is 5.73 Å². The number of nitriles is 1. The first-order valence-corrected chi connectivity index (χ1v) is 6.69. The van der Waals surface area contributed by atoms with Gasteiger partial charge in [0.15, 0.2) is 0 Å². The third-order valence-corrected chi connectivity index (χ3v) is 3.26. The van der Waals surface area contributed by atoms with Crippen LogP contribution in [-0.2, 0) is 6.42 Å². The molecule has 0 aliphatic heterocycles. The maximum Gasteiger partial charge on any atom is 0.0679 e. The van der Waals surface area contributed by atoms with Gasteiger partial charge in [0, 0.05) is 6.04 Å². The summed E-state index contributed by atoms with van der Waals surface area (Å²) in [7, 11) is 0. The molecule has 0 amide bonds. The summed E-state index contributed by atoms with van der Waals surface area (Å²) in [6.07, 6.45) is 1.08. The summed E-state index contributed by atoms with van der Waals surface area (Å²) in [4.78, 5) is 0. The van der Waals surface area contributed by atoms with Gasteiger partial charge in [0.1, 0.15) is 0 Å². The van der Waals surface area contributed by atoms with Crippen LogP contribution in [0.15, 0.2) is 24.3 Å². The summed E-state index contributed by atoms with van der Waals surface area (Å²) in [5.74, 6) is 0.813. The molecule has 0 saturated heterocycles. The summed E-state index contributed by atoms with van der Waals surface area (Å²) in [5.41, 5.74) is 8.57. The minimum Gasteiger partial charge on any atom is -0.323 e. The second-order valence-electron chi connectivity index (χ2n) is 5.76. The van der Waals surface area contributed by atoms with E-state index in [4.69, 9.17) is 5.73 Å². The number of hydrogen-bond donors (Lipinski definition) is 1. The van der Waals surface area contributed by atoms with E-state index in [1.165, 1.54) is 5.56 Å². The van der Waals surface area contributed by atoms with E-state index in [9.17, 15) is 5.26 Å². The molecule has 18 heavy (non-hydrogen) atoms. The monoisotopic (exact) mass is 244 g/mol. The van der Waals surface area contributed by atoms with Crippen molar-refractivity contribution in [2.45, 2.75) is 40.2 Å². The van der Waals surface area contributed by atoms with Crippen LogP contribution >= 0.6 is 0 Å². The van der Waals surface area contributed by atoms with Crippen LogP contribution in [0.4, 0.5) is 0 Å². The van der Waals surface area contributed by atoms with Crippen molar-refractivity contribution < 1.29 is 0 Å². The number of hydrogen-bond acceptors (Lipinski definition) is 2. The van der Waals surface area contributed by atoms with Crippen molar-refractivity contribution in [1.29, 1.82) is 5.26 Å². The van der Waals surface area contributed by atoms with Crippen LogP contribution in [0, 0.1) is 29.1 Å². The SMILES string of the molecule is CC(C)Cc1ccc(C(N)C(C#N)C(C)C)cc1. The molecule has 98 valence electrons. The van der Waals surface area contributed by atoms with Gasteiger partial charge in [0.2, 0.25) is 0 Å². The molecule has 2 unspecified atom stereocenters. The van der Waals surface area contributed by atoms with Crippen molar-refractivity contribution in [2.75, 3.05) is 0 Å². The van der Waals surface area contributed by atoms with Gasteiger partial charge in [0.25, 0.3) is 0 Å². The maximum absolute atomic E-state index is 9.17. The van der Waals surface area contributed by atoms with E-state index in [-0.39, 0.29) is 17.9 Å². The average molecular weight is 244 g/mol. The number of rotatable bonds is 5. The molecule has 2 N–H and O–H groups in total. The second kappa shape index (κ2) is 6.56. The van der Waals surface area contributed by atoms with Crippen molar-refractivity contribution in [3.8, 4) is 6.07 Å². The molecule has 2 heteroatoms. The minimum absolute atomic E-state index is 0.124. The molecule has 2 atom stereocenters. The van der Waals surface area contributed by atoms with Gasteiger partial charge in [-0.25, -0.2) is 0 Å². The molecule has 0 saturated carbocycles. The Kier molecular flexibility index (Phi) is 5.37. The maximum atomic E-state index is 9.17. The van der Waals surface area contributed by atoms with Crippen LogP contribution in [-0.4, -0.2) is 0 Å². The van der Waals surface area contributed by atoms with Crippen LogP contribution in [0.2, 0.25) is 0 Å². The summed E-state index contributed by atoms with van der Waals surface area (Å²) < 4.78 is 0. The van der Waals surface area contributed by atoms with E-state index in [1.807, 2.05) is 13.8 Å². The smallest absolute Gasteiger partial charge is 0.0679 e. The van der Waals surface area contributed by atoms with Crippen molar-refractivity contribution >= 4 is 0 Å². The highest BCUT2D eigenvalue weighted by molar-refractivity contribution is 5.26. The normalized spacial score (nSPS) is 14.6. The molecule has 0 bridgehead atoms. The van der Waals surface area contributed by atoms with Crippen LogP contribution in [0.3, 0.4) is 0 Å². The summed E-state index contributed by atoms with van der Waals surface area (Å²) in [5, 5.41) is 9.17. The number of nitrogens with zero attached hydrogens (tertiary/aromatic N) is 1. The fraction of sp³-hybridized carbons (Fsp3) is 0.562. The first kappa shape index (κ1) is 14.7. The lowest BCUT2D eigenvalue weighted by Gasteiger charge is -2.21. The van der Waals surface area contributed by atoms with E-state index >= 15 is 0 Å². The predicted octanol–water partition coefficient (Wildman–Crippen LogP) is 3.68. The summed E-state index contributed by atoms with van der Waals surface area (Å²) in [6.45, 7) is 8.51. The Hall–Kier alpha value is -1.33. The highest BCUT2D eigenvalue weighted by Gasteiger charge is 2.22. The zero-order chi connectivity index (χ0) is 13.7. The average Bonchev–Trinajstić information content (AvgIpc) is 2.29. The Morgan fingerprint density at radius 1 is 1.11 bits per heavy atom. The largest absolute Gasteiger partial charge is 0.323 e. The highest BCUT2D eigenvalue weighted by Crippen LogP contribution is 2.25. The van der Waals surface area contributed by atoms with Gasteiger partial charge >= 0.3 is 0 Å². The zero-order valence-electron chi connectivity index (χ0n) is 11.9. The Labute approximate surface area is 111 Å². The van der Waals surface area contributed by atoms with Gasteiger partial charge in [-0.2, -0.15) is 5.26 Å². The van der Waals surface area contributed by atoms with Crippen LogP contribution in [0.25, 0.3) is 0 Å². The van der Waals surface area contributed by atoms with Crippen LogP contribution < -0.4 is 5.73 Å². The van der Waals surface area contributed by atoms with Crippen molar-refractivity contribution in [1.82, 2.24) is 0 Å². The molecule has 0 heterocycles. The first-order valence-electron chi connectivity index (χ1n) is 6.69. The van der Waals surface area contributed by atoms with E-state index in [0.29, 0.717) is 5.92 Å². The summed E-state index contributed by atoms with van der Waals surface area (Å²) >= 11 is 0. The molecule has 1 rings (SSSR count). The molecular weight excluding hydrogens is 220 g/mol. The molecule has 1 aromatic carbocycles. The van der Waals surface area contributed by atoms with Crippen molar-refractivity contribution in [3.63, 3.8) is 0 Å². The Balaban J connectivity index is 2.82. The molecule has 1 aromatic rings. The third kappa shape index (κ3) is 3.85. The molecule has 0 spiro atoms. The Bertz CT molecular complexity index is 398. The van der Waals surface area contributed by atoms with Crippen molar-refractivity contribution in [2.24, 2.45) is 23.5 Å². The molecule has 0 aromatic heterocycles. The lowest BCUT2D eigenvalue weighted by atomic mass is 9.86. The van der Waals surface area contributed by atoms with Crippen molar-refractivity contribution in [3.05, 3.63) is 35.4 Å². The van der Waals surface area contributed by atoms with Crippen LogP contribution in [0.5, 0.6) is 0 Å². The van der Waals surface area contributed by atoms with Gasteiger partial charge in [-0.15, -0.1) is 0 Å². The number of nitrogens with two attached hydrogens (primary N) is 1. The van der Waals surface area contributed by atoms with Gasteiger partial charge in [-0.05, 0) is 29.4 Å². The minimum atomic E-state index is -0.192. The fourth-order valence-electron chi connectivity index (χ4n) is 2.20. The molecule has 0 aliphatic rings. The quantitative estimate of drug-likeness (QED) is 0.859. The van der Waals surface area contributed by atoms with Gasteiger partial charge in [-0.1, -0.05) is 52.0 Å². The lowest BCUT2D eigenvalue weighted by molar-refractivity contribution is 0.403. The van der Waals surface area contributed by atoms with E-state index < -0.39 is 0 Å². The second-order valence-corrected chi connectivity index (χ2v) is 5.76. The third-order valence-electron chi connectivity index (χ3n) is 3.26. The predicted molar refractivity (Wildman–Crippen MR) is 75.9 cm³/mol. The molecule has 0 radical (unpaired) electrons. The molecule has 0 aliphatic carbocycles. The fourth-order valence-corrected chi connectivity index (χ4v) is 2.20. The summed E-state index contributed by atoms with van der Waals surface area (Å²) in [6, 6.07) is 10.5. The van der Waals surface area contributed by atoms with Gasteiger partial charge in [-0.3, -0.25) is 0 Å². The van der Waals surface area contributed by atoms with Crippen LogP contribution in [0.1, 0.15) is 44.9 Å². The van der Waals surface area contributed by atoms with E-state index in [2.05, 4.69) is 44.2 Å². The lowest BCUT2D eigenvalue weighted by Crippen LogP contribution is -2.24. The number of benzene rings is 1. The Morgan fingerprint density at radius 2 is 1.67 bits per heavy atom. The molecule has 2 nitrogen and oxygen atoms in total. The standard InChI is InChI=1S/C16H24N2/c1-11(2)9-13-5-7-14(8-6-13)16(18)15(10-17)12(3)4/h5-8,11-12,15-16H,9,18H2,1-4H3. The van der Waals surface area contributed by atoms with E-state index in [0.717, 1.165) is 12.0 Å². The first-order chi connectivity index (χ1) is 8.45. The van der Waals surface area contributed by atoms with E-state index in [1.54, 1.807) is 0 Å². The van der Waals surface area contributed by atoms with Gasteiger partial charge in [0.05, 0.1) is 12.0 Å². The molecular formula is C16H24N2. The Morgan fingerprint density at radius 3 is 2.06 bits per heavy atom. The molecule has 0 fully saturated rings. The topological polar surface area (TPSA) is 49.8 Å². The highest BCUT2D eigenvalue weighted by atomic mass is 14.7. The zero-order valence-corrected chi connectivity index (χ0v) is 11.9.